The lowest BCUT2D eigenvalue weighted by Crippen LogP contribution is -1.96. The minimum Gasteiger partial charge on any atom is -0.0801 e. The van der Waals surface area contributed by atoms with E-state index in [1.54, 1.807) is 0 Å². The van der Waals surface area contributed by atoms with Crippen LogP contribution in [0.3, 0.4) is 0 Å². The number of hydrogen-bond donors (Lipinski definition) is 0. The molecule has 0 saturated carbocycles. The first-order valence-corrected chi connectivity index (χ1v) is 21.7. The van der Waals surface area contributed by atoms with Crippen LogP contribution in [0.15, 0.2) is 237 Å². The van der Waals surface area contributed by atoms with Crippen LogP contribution in [0, 0.1) is 0 Å². The second kappa shape index (κ2) is 16.3. The molecule has 0 atom stereocenters. The Morgan fingerprint density at radius 2 is 0.871 bits per heavy atom. The molecule has 62 heavy (non-hydrogen) atoms. The molecule has 0 bridgehead atoms. The monoisotopic (exact) mass is 788 g/mol. The van der Waals surface area contributed by atoms with E-state index in [-0.39, 0.29) is 0 Å². The van der Waals surface area contributed by atoms with E-state index in [0.717, 1.165) is 12.8 Å². The smallest absolute Gasteiger partial charge is 0.00263 e. The Morgan fingerprint density at radius 1 is 0.323 bits per heavy atom. The Balaban J connectivity index is 1.14. The summed E-state index contributed by atoms with van der Waals surface area (Å²) in [6.45, 7) is 0. The molecule has 11 rings (SSSR count). The van der Waals surface area contributed by atoms with Crippen LogP contribution in [-0.4, -0.2) is 0 Å². The van der Waals surface area contributed by atoms with E-state index in [1.807, 2.05) is 0 Å². The predicted octanol–water partition coefficient (Wildman–Crippen LogP) is 16.9. The lowest BCUT2D eigenvalue weighted by Gasteiger charge is -2.19. The molecule has 0 aliphatic heterocycles. The molecule has 0 amide bonds. The van der Waals surface area contributed by atoms with Crippen LogP contribution in [0.4, 0.5) is 0 Å². The highest BCUT2D eigenvalue weighted by Gasteiger charge is 2.21. The number of hydrogen-bond acceptors (Lipinski definition) is 0. The minimum absolute atomic E-state index is 0.825. The second-order valence-electron chi connectivity index (χ2n) is 16.3. The van der Waals surface area contributed by atoms with Crippen molar-refractivity contribution in [3.63, 3.8) is 0 Å². The normalized spacial score (nSPS) is 13.4. The van der Waals surface area contributed by atoms with Gasteiger partial charge in [-0.2, -0.15) is 0 Å². The van der Waals surface area contributed by atoms with Gasteiger partial charge in [0.25, 0.3) is 0 Å². The van der Waals surface area contributed by atoms with Crippen LogP contribution in [0.2, 0.25) is 0 Å². The first kappa shape index (κ1) is 37.2. The van der Waals surface area contributed by atoms with Gasteiger partial charge in [0.1, 0.15) is 0 Å². The van der Waals surface area contributed by atoms with Crippen LogP contribution in [0.25, 0.3) is 94.4 Å². The van der Waals surface area contributed by atoms with Gasteiger partial charge in [-0.15, -0.1) is 0 Å². The highest BCUT2D eigenvalue weighted by atomic mass is 14.2. The van der Waals surface area contributed by atoms with Crippen molar-refractivity contribution in [2.75, 3.05) is 0 Å². The van der Waals surface area contributed by atoms with Crippen LogP contribution in [0.1, 0.15) is 28.7 Å². The molecular formula is C62H44. The van der Waals surface area contributed by atoms with E-state index in [9.17, 15) is 0 Å². The summed E-state index contributed by atoms with van der Waals surface area (Å²) in [6.07, 6.45) is 19.8. The fraction of sp³-hybridized carbons (Fsp3) is 0.0323. The summed E-state index contributed by atoms with van der Waals surface area (Å²) in [5.74, 6) is 0. The molecule has 0 spiro atoms. The first-order chi connectivity index (χ1) is 30.8. The summed E-state index contributed by atoms with van der Waals surface area (Å²) >= 11 is 0. The SMILES string of the molecule is C1=CC=C(c2cccc(-c3cc4c(c(-c5cccc(-c6ccccc6-c6ccccc6)c5)c3)C=C(c3c5ccccc5c(-c5ccccc5)c5ccccc35)C=CC4)c2)CC=C1. The van der Waals surface area contributed by atoms with Crippen molar-refractivity contribution >= 4 is 38.8 Å². The van der Waals surface area contributed by atoms with E-state index < -0.39 is 0 Å². The summed E-state index contributed by atoms with van der Waals surface area (Å²) in [5, 5.41) is 5.05. The Bertz CT molecular complexity index is 3260. The van der Waals surface area contributed by atoms with Gasteiger partial charge in [0.2, 0.25) is 0 Å². The van der Waals surface area contributed by atoms with Gasteiger partial charge in [0.05, 0.1) is 0 Å². The van der Waals surface area contributed by atoms with Crippen molar-refractivity contribution in [1.82, 2.24) is 0 Å². The van der Waals surface area contributed by atoms with E-state index in [0.29, 0.717) is 0 Å². The highest BCUT2D eigenvalue weighted by molar-refractivity contribution is 6.21. The zero-order valence-electron chi connectivity index (χ0n) is 34.5. The molecule has 0 heterocycles. The molecule has 0 saturated heterocycles. The molecular weight excluding hydrogens is 745 g/mol. The molecule has 0 N–H and O–H groups in total. The third-order valence-electron chi connectivity index (χ3n) is 12.5. The fourth-order valence-corrected chi connectivity index (χ4v) is 9.63. The lowest BCUT2D eigenvalue weighted by molar-refractivity contribution is 1.27. The summed E-state index contributed by atoms with van der Waals surface area (Å²) < 4.78 is 0. The summed E-state index contributed by atoms with van der Waals surface area (Å²) in [5.41, 5.74) is 19.9. The second-order valence-corrected chi connectivity index (χ2v) is 16.3. The van der Waals surface area contributed by atoms with Crippen LogP contribution >= 0.6 is 0 Å². The average Bonchev–Trinajstić information content (AvgIpc) is 3.75. The number of benzene rings is 9. The molecule has 0 fully saturated rings. The lowest BCUT2D eigenvalue weighted by atomic mass is 9.84. The third-order valence-corrected chi connectivity index (χ3v) is 12.5. The predicted molar refractivity (Wildman–Crippen MR) is 267 cm³/mol. The largest absolute Gasteiger partial charge is 0.0801 e. The average molecular weight is 789 g/mol. The van der Waals surface area contributed by atoms with Crippen molar-refractivity contribution in [2.24, 2.45) is 0 Å². The van der Waals surface area contributed by atoms with Gasteiger partial charge in [0, 0.05) is 0 Å². The zero-order valence-corrected chi connectivity index (χ0v) is 34.5. The van der Waals surface area contributed by atoms with Gasteiger partial charge in [-0.25, -0.2) is 0 Å². The van der Waals surface area contributed by atoms with E-state index in [2.05, 4.69) is 243 Å². The molecule has 2 aliphatic rings. The van der Waals surface area contributed by atoms with Gasteiger partial charge >= 0.3 is 0 Å². The van der Waals surface area contributed by atoms with Crippen LogP contribution < -0.4 is 0 Å². The maximum Gasteiger partial charge on any atom is -0.00263 e. The molecule has 2 aliphatic carbocycles. The minimum atomic E-state index is 0.825. The van der Waals surface area contributed by atoms with E-state index in [1.165, 1.54) is 111 Å². The summed E-state index contributed by atoms with van der Waals surface area (Å²) in [6, 6.07) is 71.5. The van der Waals surface area contributed by atoms with E-state index >= 15 is 0 Å². The van der Waals surface area contributed by atoms with Crippen LogP contribution in [0.5, 0.6) is 0 Å². The van der Waals surface area contributed by atoms with Crippen molar-refractivity contribution in [3.8, 4) is 55.6 Å². The van der Waals surface area contributed by atoms with Gasteiger partial charge in [-0.1, -0.05) is 218 Å². The van der Waals surface area contributed by atoms with E-state index in [4.69, 9.17) is 0 Å². The Labute approximate surface area is 364 Å². The maximum absolute atomic E-state index is 2.48. The maximum atomic E-state index is 2.48. The molecule has 0 radical (unpaired) electrons. The Morgan fingerprint density at radius 3 is 1.58 bits per heavy atom. The molecule has 292 valence electrons. The van der Waals surface area contributed by atoms with Gasteiger partial charge in [-0.3, -0.25) is 0 Å². The van der Waals surface area contributed by atoms with Crippen molar-refractivity contribution in [1.29, 1.82) is 0 Å². The standard InChI is InChI=1S/C62H44/c1-2-6-21-43(20-5-1)46-26-17-27-47(38-46)52-40-50-30-19-31-51(62-57-36-15-13-34-55(57)61(45-24-9-4-10-25-45)56-35-14-16-37-58(56)62)41-59(50)60(42-52)49-29-18-28-48(39-49)54-33-12-11-32-53(54)44-22-7-3-8-23-44/h1-20,22-29,31-42H,21,30H2. The van der Waals surface area contributed by atoms with Crippen molar-refractivity contribution < 1.29 is 0 Å². The molecule has 0 aromatic heterocycles. The zero-order chi connectivity index (χ0) is 41.2. The first-order valence-electron chi connectivity index (χ1n) is 21.7. The number of allylic oxidation sites excluding steroid dienone is 9. The van der Waals surface area contributed by atoms with Gasteiger partial charge < -0.3 is 0 Å². The number of fused-ring (bicyclic) bond motifs is 3. The number of rotatable bonds is 7. The summed E-state index contributed by atoms with van der Waals surface area (Å²) in [4.78, 5) is 0. The van der Waals surface area contributed by atoms with Gasteiger partial charge in [-0.05, 0) is 148 Å². The topological polar surface area (TPSA) is 0 Å². The Kier molecular flexibility index (Phi) is 9.81. The quantitative estimate of drug-likeness (QED) is 0.141. The molecule has 0 unspecified atom stereocenters. The van der Waals surface area contributed by atoms with Gasteiger partial charge in [0.15, 0.2) is 0 Å². The summed E-state index contributed by atoms with van der Waals surface area (Å²) in [7, 11) is 0. The third kappa shape index (κ3) is 6.96. The Hall–Kier alpha value is -7.80. The molecule has 9 aromatic rings. The fourth-order valence-electron chi connectivity index (χ4n) is 9.63. The molecule has 9 aromatic carbocycles. The van der Waals surface area contributed by atoms with Crippen LogP contribution in [-0.2, 0) is 6.42 Å². The molecule has 0 nitrogen and oxygen atoms in total. The highest BCUT2D eigenvalue weighted by Crippen LogP contribution is 2.45. The molecule has 0 heteroatoms. The van der Waals surface area contributed by atoms with Crippen molar-refractivity contribution in [2.45, 2.75) is 12.8 Å². The van der Waals surface area contributed by atoms with Crippen molar-refractivity contribution in [3.05, 3.63) is 259 Å².